The van der Waals surface area contributed by atoms with Crippen molar-refractivity contribution >= 4 is 39.9 Å². The second kappa shape index (κ2) is 9.04. The monoisotopic (exact) mass is 376 g/mol. The van der Waals surface area contributed by atoms with E-state index in [0.717, 1.165) is 16.1 Å². The van der Waals surface area contributed by atoms with E-state index >= 15 is 0 Å². The molecule has 0 aliphatic rings. The van der Waals surface area contributed by atoms with E-state index in [9.17, 15) is 14.4 Å². The quantitative estimate of drug-likeness (QED) is 0.718. The van der Waals surface area contributed by atoms with Gasteiger partial charge in [-0.3, -0.25) is 14.4 Å². The van der Waals surface area contributed by atoms with Crippen molar-refractivity contribution in [2.24, 2.45) is 0 Å². The summed E-state index contributed by atoms with van der Waals surface area (Å²) in [5.41, 5.74) is 2.69. The molecule has 0 saturated carbocycles. The van der Waals surface area contributed by atoms with Crippen molar-refractivity contribution in [2.75, 3.05) is 17.2 Å². The lowest BCUT2D eigenvalue weighted by Gasteiger charge is -2.08. The summed E-state index contributed by atoms with van der Waals surface area (Å²) in [7, 11) is 0. The molecule has 0 radical (unpaired) electrons. The minimum Gasteiger partial charge on any atom is -0.456 e. The highest BCUT2D eigenvalue weighted by molar-refractivity contribution is 7.15. The number of carbonyl (C=O) groups excluding carboxylic acids is 3. The van der Waals surface area contributed by atoms with Gasteiger partial charge in [-0.05, 0) is 44.0 Å². The molecule has 2 N–H and O–H groups in total. The topological polar surface area (TPSA) is 110 Å². The molecule has 138 valence electrons. The molecule has 0 bridgehead atoms. The molecule has 1 heterocycles. The Kier molecular flexibility index (Phi) is 6.79. The minimum atomic E-state index is -0.621. The Hall–Kier alpha value is -2.81. The van der Waals surface area contributed by atoms with Crippen LogP contribution in [0, 0.1) is 20.8 Å². The van der Waals surface area contributed by atoms with E-state index in [1.165, 1.54) is 11.3 Å². The Labute approximate surface area is 155 Å². The van der Waals surface area contributed by atoms with Crippen molar-refractivity contribution in [3.63, 3.8) is 0 Å². The van der Waals surface area contributed by atoms with Crippen LogP contribution in [-0.2, 0) is 19.1 Å². The maximum Gasteiger partial charge on any atom is 0.306 e. The molecule has 8 nitrogen and oxygen atoms in total. The first kappa shape index (κ1) is 19.5. The summed E-state index contributed by atoms with van der Waals surface area (Å²) >= 11 is 1.24. The molecule has 0 aliphatic carbocycles. The number of benzene rings is 1. The van der Waals surface area contributed by atoms with Gasteiger partial charge >= 0.3 is 5.97 Å². The summed E-state index contributed by atoms with van der Waals surface area (Å²) in [5.74, 6) is -1.42. The smallest absolute Gasteiger partial charge is 0.306 e. The van der Waals surface area contributed by atoms with E-state index in [4.69, 9.17) is 4.74 Å². The Morgan fingerprint density at radius 1 is 0.962 bits per heavy atom. The second-order valence-corrected chi connectivity index (χ2v) is 6.94. The van der Waals surface area contributed by atoms with E-state index in [1.54, 1.807) is 6.92 Å². The van der Waals surface area contributed by atoms with Crippen molar-refractivity contribution < 1.29 is 19.1 Å². The van der Waals surface area contributed by atoms with Crippen LogP contribution in [0.1, 0.15) is 29.0 Å². The van der Waals surface area contributed by atoms with Crippen LogP contribution in [0.4, 0.5) is 10.8 Å². The summed E-state index contributed by atoms with van der Waals surface area (Å²) in [5, 5.41) is 13.9. The Balaban J connectivity index is 1.69. The van der Waals surface area contributed by atoms with Crippen LogP contribution in [0.15, 0.2) is 18.2 Å². The van der Waals surface area contributed by atoms with Crippen LogP contribution >= 0.6 is 11.3 Å². The van der Waals surface area contributed by atoms with Gasteiger partial charge in [-0.2, -0.15) is 0 Å². The average Bonchev–Trinajstić information content (AvgIpc) is 2.95. The SMILES string of the molecule is Cc1cc(C)cc(NC(=O)COC(=O)CCC(=O)Nc2nnc(C)s2)c1. The number of aryl methyl sites for hydroxylation is 3. The number of nitrogens with one attached hydrogen (secondary N) is 2. The first-order valence-electron chi connectivity index (χ1n) is 7.95. The molecule has 0 spiro atoms. The van der Waals surface area contributed by atoms with Gasteiger partial charge in [-0.25, -0.2) is 0 Å². The first-order chi connectivity index (χ1) is 12.3. The molecule has 2 rings (SSSR count). The average molecular weight is 376 g/mol. The Morgan fingerprint density at radius 3 is 2.27 bits per heavy atom. The van der Waals surface area contributed by atoms with Crippen molar-refractivity contribution in [1.29, 1.82) is 0 Å². The molecule has 0 unspecified atom stereocenters. The Bertz CT molecular complexity index is 799. The number of carbonyl (C=O) groups is 3. The van der Waals surface area contributed by atoms with Gasteiger partial charge in [0.1, 0.15) is 5.01 Å². The largest absolute Gasteiger partial charge is 0.456 e. The molecular weight excluding hydrogens is 356 g/mol. The van der Waals surface area contributed by atoms with Crippen LogP contribution in [-0.4, -0.2) is 34.6 Å². The number of amides is 2. The second-order valence-electron chi connectivity index (χ2n) is 5.76. The van der Waals surface area contributed by atoms with Gasteiger partial charge < -0.3 is 15.4 Å². The van der Waals surface area contributed by atoms with E-state index in [1.807, 2.05) is 32.0 Å². The molecule has 2 aromatic rings. The molecule has 2 amide bonds. The molecule has 26 heavy (non-hydrogen) atoms. The first-order valence-corrected chi connectivity index (χ1v) is 8.77. The number of hydrogen-bond donors (Lipinski definition) is 2. The molecular formula is C17H20N4O4S. The van der Waals surface area contributed by atoms with Gasteiger partial charge in [0.25, 0.3) is 5.91 Å². The van der Waals surface area contributed by atoms with Gasteiger partial charge in [0, 0.05) is 12.1 Å². The lowest BCUT2D eigenvalue weighted by molar-refractivity contribution is -0.147. The van der Waals surface area contributed by atoms with Gasteiger partial charge in [0.2, 0.25) is 11.0 Å². The molecule has 0 atom stereocenters. The zero-order valence-electron chi connectivity index (χ0n) is 14.8. The standard InChI is InChI=1S/C17H20N4O4S/c1-10-6-11(2)8-13(7-10)18-15(23)9-25-16(24)5-4-14(22)19-17-21-20-12(3)26-17/h6-8H,4-5,9H2,1-3H3,(H,18,23)(H,19,21,22). The summed E-state index contributed by atoms with van der Waals surface area (Å²) in [6.07, 6.45) is -0.184. The molecule has 9 heteroatoms. The fourth-order valence-corrected chi connectivity index (χ4v) is 2.81. The third-order valence-corrected chi connectivity index (χ3v) is 3.95. The lowest BCUT2D eigenvalue weighted by Crippen LogP contribution is -2.21. The summed E-state index contributed by atoms with van der Waals surface area (Å²) in [6.45, 7) is 5.23. The Morgan fingerprint density at radius 2 is 1.65 bits per heavy atom. The fraction of sp³-hybridized carbons (Fsp3) is 0.353. The highest BCUT2D eigenvalue weighted by Gasteiger charge is 2.12. The molecule has 0 fully saturated rings. The number of hydrogen-bond acceptors (Lipinski definition) is 7. The van der Waals surface area contributed by atoms with Crippen LogP contribution < -0.4 is 10.6 Å². The number of rotatable bonds is 7. The highest BCUT2D eigenvalue weighted by atomic mass is 32.1. The molecule has 1 aromatic heterocycles. The van der Waals surface area contributed by atoms with Crippen LogP contribution in [0.25, 0.3) is 0 Å². The van der Waals surface area contributed by atoms with Gasteiger partial charge in [0.05, 0.1) is 6.42 Å². The van der Waals surface area contributed by atoms with Gasteiger partial charge in [-0.1, -0.05) is 17.4 Å². The molecule has 0 aliphatic heterocycles. The molecule has 1 aromatic carbocycles. The number of ether oxygens (including phenoxy) is 1. The predicted molar refractivity (Wildman–Crippen MR) is 98.0 cm³/mol. The number of aromatic nitrogens is 2. The van der Waals surface area contributed by atoms with E-state index < -0.39 is 18.5 Å². The molecule has 0 saturated heterocycles. The van der Waals surface area contributed by atoms with Crippen LogP contribution in [0.3, 0.4) is 0 Å². The maximum absolute atomic E-state index is 11.8. The zero-order chi connectivity index (χ0) is 19.1. The number of esters is 1. The number of nitrogens with zero attached hydrogens (tertiary/aromatic N) is 2. The van der Waals surface area contributed by atoms with Crippen LogP contribution in [0.5, 0.6) is 0 Å². The fourth-order valence-electron chi connectivity index (χ4n) is 2.21. The summed E-state index contributed by atoms with van der Waals surface area (Å²) < 4.78 is 4.88. The lowest BCUT2D eigenvalue weighted by atomic mass is 10.1. The third kappa shape index (κ3) is 6.60. The highest BCUT2D eigenvalue weighted by Crippen LogP contribution is 2.14. The van der Waals surface area contributed by atoms with E-state index in [0.29, 0.717) is 10.8 Å². The zero-order valence-corrected chi connectivity index (χ0v) is 15.6. The van der Waals surface area contributed by atoms with Crippen molar-refractivity contribution in [1.82, 2.24) is 10.2 Å². The van der Waals surface area contributed by atoms with Crippen molar-refractivity contribution in [3.8, 4) is 0 Å². The van der Waals surface area contributed by atoms with Crippen molar-refractivity contribution in [3.05, 3.63) is 34.3 Å². The number of anilines is 2. The van der Waals surface area contributed by atoms with Crippen LogP contribution in [0.2, 0.25) is 0 Å². The van der Waals surface area contributed by atoms with Gasteiger partial charge in [0.15, 0.2) is 6.61 Å². The van der Waals surface area contributed by atoms with Crippen molar-refractivity contribution in [2.45, 2.75) is 33.6 Å². The maximum atomic E-state index is 11.8. The van der Waals surface area contributed by atoms with E-state index in [-0.39, 0.29) is 18.7 Å². The summed E-state index contributed by atoms with van der Waals surface area (Å²) in [4.78, 5) is 35.2. The third-order valence-electron chi connectivity index (χ3n) is 3.20. The minimum absolute atomic E-state index is 0.0594. The van der Waals surface area contributed by atoms with Gasteiger partial charge in [-0.15, -0.1) is 10.2 Å². The van der Waals surface area contributed by atoms with E-state index in [2.05, 4.69) is 20.8 Å². The summed E-state index contributed by atoms with van der Waals surface area (Å²) in [6, 6.07) is 5.64. The normalized spacial score (nSPS) is 10.3. The predicted octanol–water partition coefficient (Wildman–Crippen LogP) is 2.36.